The van der Waals surface area contributed by atoms with E-state index in [0.29, 0.717) is 11.7 Å². The third-order valence-electron chi connectivity index (χ3n) is 5.92. The Morgan fingerprint density at radius 3 is 2.43 bits per heavy atom. The van der Waals surface area contributed by atoms with Crippen LogP contribution in [0.1, 0.15) is 30.9 Å². The summed E-state index contributed by atoms with van der Waals surface area (Å²) >= 11 is 5.98. The highest BCUT2D eigenvalue weighted by Crippen LogP contribution is 2.73. The summed E-state index contributed by atoms with van der Waals surface area (Å²) in [7, 11) is 0. The van der Waals surface area contributed by atoms with Crippen molar-refractivity contribution >= 4 is 17.4 Å². The molecule has 1 aromatic carbocycles. The summed E-state index contributed by atoms with van der Waals surface area (Å²) in [5.41, 5.74) is 8.13. The van der Waals surface area contributed by atoms with Crippen molar-refractivity contribution in [2.45, 2.75) is 25.2 Å². The summed E-state index contributed by atoms with van der Waals surface area (Å²) < 4.78 is 5.66. The van der Waals surface area contributed by atoms with Gasteiger partial charge in [-0.15, -0.1) is 0 Å². The molecule has 21 heavy (non-hydrogen) atoms. The first-order valence-corrected chi connectivity index (χ1v) is 8.13. The van der Waals surface area contributed by atoms with Crippen molar-refractivity contribution in [3.05, 3.63) is 35.0 Å². The summed E-state index contributed by atoms with van der Waals surface area (Å²) in [5, 5.41) is 4.78. The zero-order valence-corrected chi connectivity index (χ0v) is 12.4. The first-order valence-electron chi connectivity index (χ1n) is 7.75. The Hall–Kier alpha value is -1.48. The molecule has 108 valence electrons. The number of hydrogen-bond donors (Lipinski definition) is 1. The molecule has 4 unspecified atom stereocenters. The van der Waals surface area contributed by atoms with Crippen molar-refractivity contribution < 1.29 is 4.52 Å². The van der Waals surface area contributed by atoms with Crippen LogP contribution in [0.15, 0.2) is 28.8 Å². The number of halogens is 1. The molecule has 1 aromatic heterocycles. The molecule has 0 aliphatic heterocycles. The van der Waals surface area contributed by atoms with Crippen LogP contribution >= 0.6 is 11.6 Å². The third-order valence-corrected chi connectivity index (χ3v) is 6.17. The van der Waals surface area contributed by atoms with E-state index in [1.807, 2.05) is 24.3 Å². The number of nitrogen functional groups attached to an aromatic ring is 1. The van der Waals surface area contributed by atoms with Gasteiger partial charge in [-0.25, -0.2) is 0 Å². The summed E-state index contributed by atoms with van der Waals surface area (Å²) in [6.07, 6.45) is 4.25. The molecule has 4 heteroatoms. The molecule has 2 bridgehead atoms. The monoisotopic (exact) mass is 300 g/mol. The molecule has 0 radical (unpaired) electrons. The zero-order chi connectivity index (χ0) is 14.1. The number of fused-ring (bicyclic) bond motifs is 5. The predicted octanol–water partition coefficient (Wildman–Crippen LogP) is 4.34. The van der Waals surface area contributed by atoms with Crippen LogP contribution < -0.4 is 5.73 Å². The number of benzene rings is 1. The zero-order valence-electron chi connectivity index (χ0n) is 11.6. The Labute approximate surface area is 128 Å². The number of hydrogen-bond acceptors (Lipinski definition) is 3. The van der Waals surface area contributed by atoms with Crippen molar-refractivity contribution in [1.82, 2.24) is 5.16 Å². The van der Waals surface area contributed by atoms with Gasteiger partial charge in [-0.1, -0.05) is 28.9 Å². The van der Waals surface area contributed by atoms with Crippen molar-refractivity contribution in [2.75, 3.05) is 5.73 Å². The van der Waals surface area contributed by atoms with E-state index < -0.39 is 0 Å². The van der Waals surface area contributed by atoms with E-state index in [-0.39, 0.29) is 0 Å². The first-order chi connectivity index (χ1) is 10.2. The second-order valence-corrected chi connectivity index (χ2v) is 7.26. The van der Waals surface area contributed by atoms with Crippen LogP contribution in [0.2, 0.25) is 5.02 Å². The van der Waals surface area contributed by atoms with E-state index >= 15 is 0 Å². The molecule has 0 saturated heterocycles. The van der Waals surface area contributed by atoms with Crippen LogP contribution in [-0.4, -0.2) is 5.16 Å². The highest BCUT2D eigenvalue weighted by Gasteiger charge is 2.67. The van der Waals surface area contributed by atoms with Gasteiger partial charge >= 0.3 is 0 Å². The lowest BCUT2D eigenvalue weighted by molar-refractivity contribution is 0.365. The summed E-state index contributed by atoms with van der Waals surface area (Å²) in [4.78, 5) is 0. The fraction of sp³-hybridized carbons (Fsp3) is 0.471. The quantitative estimate of drug-likeness (QED) is 0.897. The Balaban J connectivity index is 1.56. The van der Waals surface area contributed by atoms with Crippen molar-refractivity contribution in [3.8, 4) is 11.1 Å². The average Bonchev–Trinajstić information content (AvgIpc) is 2.81. The number of rotatable bonds is 2. The SMILES string of the molecule is Nc1noc(C2C3C4CCC(C4)C23)c1-c1ccc(Cl)cc1. The fourth-order valence-electron chi connectivity index (χ4n) is 5.13. The number of aromatic nitrogens is 1. The second kappa shape index (κ2) is 4.04. The molecule has 3 saturated carbocycles. The van der Waals surface area contributed by atoms with E-state index in [1.54, 1.807) is 0 Å². The molecule has 2 aromatic rings. The summed E-state index contributed by atoms with van der Waals surface area (Å²) in [6, 6.07) is 7.79. The van der Waals surface area contributed by atoms with Crippen LogP contribution in [0.5, 0.6) is 0 Å². The molecule has 3 aliphatic rings. The normalized spacial score (nSPS) is 36.0. The number of anilines is 1. The van der Waals surface area contributed by atoms with Gasteiger partial charge in [-0.05, 0) is 60.6 Å². The Kier molecular flexibility index (Phi) is 2.33. The largest absolute Gasteiger partial charge is 0.380 e. The molecule has 0 spiro atoms. The van der Waals surface area contributed by atoms with Gasteiger partial charge < -0.3 is 10.3 Å². The molecule has 1 heterocycles. The van der Waals surface area contributed by atoms with Gasteiger partial charge in [0.15, 0.2) is 5.82 Å². The molecule has 4 atom stereocenters. The van der Waals surface area contributed by atoms with E-state index in [9.17, 15) is 0 Å². The highest BCUT2D eigenvalue weighted by atomic mass is 35.5. The second-order valence-electron chi connectivity index (χ2n) is 6.83. The maximum Gasteiger partial charge on any atom is 0.175 e. The highest BCUT2D eigenvalue weighted by molar-refractivity contribution is 6.30. The van der Waals surface area contributed by atoms with Gasteiger partial charge in [0.05, 0.1) is 5.56 Å². The Morgan fingerprint density at radius 1 is 1.10 bits per heavy atom. The van der Waals surface area contributed by atoms with E-state index in [1.165, 1.54) is 19.3 Å². The molecule has 3 fully saturated rings. The fourth-order valence-corrected chi connectivity index (χ4v) is 5.25. The van der Waals surface area contributed by atoms with Gasteiger partial charge in [-0.3, -0.25) is 0 Å². The lowest BCUT2D eigenvalue weighted by atomic mass is 9.96. The predicted molar refractivity (Wildman–Crippen MR) is 81.9 cm³/mol. The lowest BCUT2D eigenvalue weighted by Gasteiger charge is -2.08. The van der Waals surface area contributed by atoms with Crippen molar-refractivity contribution in [1.29, 1.82) is 0 Å². The maximum absolute atomic E-state index is 6.07. The standard InChI is InChI=1S/C17H17ClN2O/c18-11-5-3-8(4-6-11)14-16(21-20-17(14)19)15-12-9-1-2-10(7-9)13(12)15/h3-6,9-10,12-13,15H,1-2,7H2,(H2,19,20). The van der Waals surface area contributed by atoms with Crippen LogP contribution in [0.4, 0.5) is 5.82 Å². The first kappa shape index (κ1) is 12.1. The number of nitrogens with zero attached hydrogens (tertiary/aromatic N) is 1. The van der Waals surface area contributed by atoms with Gasteiger partial charge in [0.1, 0.15) is 5.76 Å². The molecular weight excluding hydrogens is 284 g/mol. The van der Waals surface area contributed by atoms with Gasteiger partial charge in [0, 0.05) is 10.9 Å². The summed E-state index contributed by atoms with van der Waals surface area (Å²) in [6.45, 7) is 0. The van der Waals surface area contributed by atoms with Crippen LogP contribution in [0.25, 0.3) is 11.1 Å². The maximum atomic E-state index is 6.07. The third kappa shape index (κ3) is 1.58. The van der Waals surface area contributed by atoms with Crippen LogP contribution in [0.3, 0.4) is 0 Å². The van der Waals surface area contributed by atoms with Crippen molar-refractivity contribution in [3.63, 3.8) is 0 Å². The minimum atomic E-state index is 0.504. The molecule has 2 N–H and O–H groups in total. The van der Waals surface area contributed by atoms with Gasteiger partial charge in [0.25, 0.3) is 0 Å². The topological polar surface area (TPSA) is 52.0 Å². The lowest BCUT2D eigenvalue weighted by Crippen LogP contribution is -1.98. The van der Waals surface area contributed by atoms with Crippen molar-refractivity contribution in [2.24, 2.45) is 23.7 Å². The average molecular weight is 301 g/mol. The van der Waals surface area contributed by atoms with Crippen LogP contribution in [0, 0.1) is 23.7 Å². The van der Waals surface area contributed by atoms with Crippen LogP contribution in [-0.2, 0) is 0 Å². The summed E-state index contributed by atoms with van der Waals surface area (Å²) in [5.74, 6) is 5.53. The van der Waals surface area contributed by atoms with Gasteiger partial charge in [0.2, 0.25) is 0 Å². The molecule has 3 nitrogen and oxygen atoms in total. The Morgan fingerprint density at radius 2 is 1.76 bits per heavy atom. The number of nitrogens with two attached hydrogens (primary N) is 1. The molecular formula is C17H17ClN2O. The molecule has 0 amide bonds. The molecule has 5 rings (SSSR count). The minimum Gasteiger partial charge on any atom is -0.380 e. The Bertz CT molecular complexity index is 692. The molecule has 3 aliphatic carbocycles. The van der Waals surface area contributed by atoms with E-state index in [0.717, 1.165) is 45.6 Å². The van der Waals surface area contributed by atoms with E-state index in [4.69, 9.17) is 21.9 Å². The smallest absolute Gasteiger partial charge is 0.175 e. The van der Waals surface area contributed by atoms with E-state index in [2.05, 4.69) is 5.16 Å². The minimum absolute atomic E-state index is 0.504. The van der Waals surface area contributed by atoms with Gasteiger partial charge in [-0.2, -0.15) is 0 Å².